The zero-order chi connectivity index (χ0) is 36.2. The average molecular weight is 692 g/mol. The fraction of sp³-hybridized carbons (Fsp3) is 0.0200. The van der Waals surface area contributed by atoms with Crippen LogP contribution in [0.25, 0.3) is 73.3 Å². The molecule has 0 bridgehead atoms. The monoisotopic (exact) mass is 691 g/mol. The number of hydrogen-bond acceptors (Lipinski definition) is 4. The molecule has 4 heteroatoms. The summed E-state index contributed by atoms with van der Waals surface area (Å²) in [4.78, 5) is 15.1. The van der Waals surface area contributed by atoms with Crippen LogP contribution in [0.15, 0.2) is 194 Å². The van der Waals surface area contributed by atoms with Gasteiger partial charge in [-0.25, -0.2) is 15.0 Å². The van der Waals surface area contributed by atoms with Gasteiger partial charge in [-0.05, 0) is 39.4 Å². The number of rotatable bonds is 7. The van der Waals surface area contributed by atoms with Crippen LogP contribution in [-0.2, 0) is 5.41 Å². The summed E-state index contributed by atoms with van der Waals surface area (Å²) in [5.41, 5.74) is 13.4. The molecule has 0 saturated heterocycles. The molecule has 2 heterocycles. The van der Waals surface area contributed by atoms with Gasteiger partial charge in [0.2, 0.25) is 0 Å². The molecule has 0 N–H and O–H groups in total. The summed E-state index contributed by atoms with van der Waals surface area (Å²) >= 11 is 0. The number of allylic oxidation sites excluding steroid dienone is 4. The molecule has 10 rings (SSSR count). The molecule has 2 aliphatic rings. The van der Waals surface area contributed by atoms with Gasteiger partial charge in [-0.1, -0.05) is 183 Å². The third-order valence-corrected chi connectivity index (χ3v) is 10.7. The summed E-state index contributed by atoms with van der Waals surface area (Å²) in [5, 5.41) is 0. The van der Waals surface area contributed by atoms with E-state index in [1.54, 1.807) is 12.2 Å². The highest BCUT2D eigenvalue weighted by molar-refractivity contribution is 6.02. The summed E-state index contributed by atoms with van der Waals surface area (Å²) in [6.45, 7) is 7.98. The lowest BCUT2D eigenvalue weighted by Gasteiger charge is -2.30. The van der Waals surface area contributed by atoms with Crippen LogP contribution in [0.1, 0.15) is 28.1 Å². The first kappa shape index (κ1) is 31.6. The maximum absolute atomic E-state index is 7.13. The first-order chi connectivity index (χ1) is 26.7. The van der Waals surface area contributed by atoms with E-state index in [1.807, 2.05) is 42.5 Å². The van der Waals surface area contributed by atoms with Crippen molar-refractivity contribution in [2.24, 2.45) is 0 Å². The van der Waals surface area contributed by atoms with Crippen molar-refractivity contribution in [3.8, 4) is 67.7 Å². The van der Waals surface area contributed by atoms with Gasteiger partial charge in [0.25, 0.3) is 0 Å². The van der Waals surface area contributed by atoms with Crippen LogP contribution in [0.5, 0.6) is 0 Å². The Morgan fingerprint density at radius 1 is 0.500 bits per heavy atom. The van der Waals surface area contributed by atoms with Crippen molar-refractivity contribution in [2.75, 3.05) is 0 Å². The molecule has 0 saturated carbocycles. The number of benzene rings is 6. The van der Waals surface area contributed by atoms with E-state index >= 15 is 0 Å². The Morgan fingerprint density at radius 3 is 1.63 bits per heavy atom. The lowest BCUT2D eigenvalue weighted by molar-refractivity contribution is 0.588. The highest BCUT2D eigenvalue weighted by Crippen LogP contribution is 2.67. The van der Waals surface area contributed by atoms with Gasteiger partial charge in [-0.3, -0.25) is 0 Å². The second-order valence-electron chi connectivity index (χ2n) is 13.6. The number of aromatic nitrogens is 3. The minimum absolute atomic E-state index is 0.536. The maximum atomic E-state index is 7.13. The summed E-state index contributed by atoms with van der Waals surface area (Å²) in [7, 11) is 0. The third-order valence-electron chi connectivity index (χ3n) is 10.7. The van der Waals surface area contributed by atoms with Crippen molar-refractivity contribution >= 4 is 5.57 Å². The van der Waals surface area contributed by atoms with Gasteiger partial charge < -0.3 is 4.42 Å². The van der Waals surface area contributed by atoms with Crippen LogP contribution < -0.4 is 0 Å². The summed E-state index contributed by atoms with van der Waals surface area (Å²) in [5.74, 6) is 3.43. The van der Waals surface area contributed by atoms with Gasteiger partial charge in [0, 0.05) is 39.0 Å². The SMILES string of the molecule is C=C/C=C(\C=C)c1nc(-c2ccccc2)nc(-c2ccc3c(c2)C2(c4ccccc4-c4ccccc42)c2c(-c4ccccc4)oc(-c4ccccc4)c2-3)n1. The topological polar surface area (TPSA) is 51.8 Å². The van der Waals surface area contributed by atoms with E-state index in [1.165, 1.54) is 27.8 Å². The smallest absolute Gasteiger partial charge is 0.164 e. The fourth-order valence-electron chi connectivity index (χ4n) is 8.48. The summed E-state index contributed by atoms with van der Waals surface area (Å²) < 4.78 is 7.13. The predicted molar refractivity (Wildman–Crippen MR) is 219 cm³/mol. The quantitative estimate of drug-likeness (QED) is 0.156. The third kappa shape index (κ3) is 4.60. The Kier molecular flexibility index (Phi) is 7.31. The minimum Gasteiger partial charge on any atom is -0.455 e. The molecule has 0 fully saturated rings. The molecule has 0 radical (unpaired) electrons. The van der Waals surface area contributed by atoms with Crippen molar-refractivity contribution in [3.63, 3.8) is 0 Å². The van der Waals surface area contributed by atoms with Crippen LogP contribution in [0.4, 0.5) is 0 Å². The Balaban J connectivity index is 1.32. The molecule has 0 atom stereocenters. The maximum Gasteiger partial charge on any atom is 0.164 e. The van der Waals surface area contributed by atoms with E-state index in [0.29, 0.717) is 17.5 Å². The van der Waals surface area contributed by atoms with Gasteiger partial charge in [-0.15, -0.1) is 0 Å². The molecule has 8 aromatic rings. The Hall–Kier alpha value is -7.17. The highest BCUT2D eigenvalue weighted by Gasteiger charge is 2.55. The Labute approximate surface area is 314 Å². The predicted octanol–water partition coefficient (Wildman–Crippen LogP) is 12.2. The van der Waals surface area contributed by atoms with E-state index in [0.717, 1.165) is 56.0 Å². The van der Waals surface area contributed by atoms with Crippen molar-refractivity contribution < 1.29 is 4.42 Å². The lowest BCUT2D eigenvalue weighted by Crippen LogP contribution is -2.26. The zero-order valence-electron chi connectivity index (χ0n) is 29.4. The molecule has 0 amide bonds. The average Bonchev–Trinajstić information content (AvgIpc) is 3.88. The molecule has 1 spiro atoms. The molecular weight excluding hydrogens is 659 g/mol. The molecule has 54 heavy (non-hydrogen) atoms. The number of nitrogens with zero attached hydrogens (tertiary/aromatic N) is 3. The lowest BCUT2D eigenvalue weighted by atomic mass is 9.69. The zero-order valence-corrected chi connectivity index (χ0v) is 29.4. The van der Waals surface area contributed by atoms with E-state index in [2.05, 4.69) is 134 Å². The highest BCUT2D eigenvalue weighted by atomic mass is 16.3. The molecule has 254 valence electrons. The second kappa shape index (κ2) is 12.5. The largest absolute Gasteiger partial charge is 0.455 e. The van der Waals surface area contributed by atoms with Crippen LogP contribution in [-0.4, -0.2) is 15.0 Å². The van der Waals surface area contributed by atoms with Gasteiger partial charge in [0.05, 0.1) is 5.41 Å². The molecule has 2 aliphatic carbocycles. The van der Waals surface area contributed by atoms with Crippen molar-refractivity contribution in [3.05, 3.63) is 217 Å². The Bertz CT molecular complexity index is 2750. The van der Waals surface area contributed by atoms with Crippen LogP contribution in [0.2, 0.25) is 0 Å². The number of furan rings is 1. The Morgan fingerprint density at radius 2 is 1.04 bits per heavy atom. The van der Waals surface area contributed by atoms with Gasteiger partial charge >= 0.3 is 0 Å². The van der Waals surface area contributed by atoms with E-state index < -0.39 is 5.41 Å². The first-order valence-electron chi connectivity index (χ1n) is 18.1. The summed E-state index contributed by atoms with van der Waals surface area (Å²) in [6.07, 6.45) is 5.37. The fourth-order valence-corrected chi connectivity index (χ4v) is 8.48. The normalized spacial score (nSPS) is 13.2. The van der Waals surface area contributed by atoms with Gasteiger partial charge in [0.15, 0.2) is 17.5 Å². The van der Waals surface area contributed by atoms with Crippen LogP contribution in [0.3, 0.4) is 0 Å². The molecule has 0 unspecified atom stereocenters. The van der Waals surface area contributed by atoms with Crippen molar-refractivity contribution in [1.82, 2.24) is 15.0 Å². The molecular formula is C50H33N3O. The van der Waals surface area contributed by atoms with E-state index in [-0.39, 0.29) is 0 Å². The van der Waals surface area contributed by atoms with Crippen LogP contribution in [0, 0.1) is 0 Å². The van der Waals surface area contributed by atoms with E-state index in [4.69, 9.17) is 19.4 Å². The van der Waals surface area contributed by atoms with Crippen molar-refractivity contribution in [2.45, 2.75) is 5.41 Å². The van der Waals surface area contributed by atoms with Gasteiger partial charge in [0.1, 0.15) is 11.5 Å². The first-order valence-corrected chi connectivity index (χ1v) is 18.1. The molecule has 2 aromatic heterocycles. The molecule has 0 aliphatic heterocycles. The van der Waals surface area contributed by atoms with E-state index in [9.17, 15) is 0 Å². The molecule has 4 nitrogen and oxygen atoms in total. The standard InChI is InChI=1S/C50H33N3O/c1-3-18-32(4-2)47-51-48(35-23-12-7-13-24-35)53-49(52-47)36-29-30-39-42(31-36)50(40-27-16-14-25-37(40)38-26-15-17-28-41(38)50)44-43(39)45(33-19-8-5-9-20-33)54-46(44)34-21-10-6-11-22-34/h3-31H,1-2H2/b32-18+. The van der Waals surface area contributed by atoms with Crippen molar-refractivity contribution in [1.29, 1.82) is 0 Å². The molecule has 6 aromatic carbocycles. The minimum atomic E-state index is -0.678. The van der Waals surface area contributed by atoms with Crippen LogP contribution >= 0.6 is 0 Å². The number of hydrogen-bond donors (Lipinski definition) is 0. The summed E-state index contributed by atoms with van der Waals surface area (Å²) in [6, 6.07) is 55.3. The second-order valence-corrected chi connectivity index (χ2v) is 13.6. The number of fused-ring (bicyclic) bond motifs is 10. The van der Waals surface area contributed by atoms with Gasteiger partial charge in [-0.2, -0.15) is 0 Å².